The summed E-state index contributed by atoms with van der Waals surface area (Å²) in [6.07, 6.45) is 4.59. The maximum Gasteiger partial charge on any atom is 0.0816 e. The average Bonchev–Trinajstić information content (AvgIpc) is 2.97. The quantitative estimate of drug-likeness (QED) is 0.912. The van der Waals surface area contributed by atoms with Crippen LogP contribution in [0.15, 0.2) is 24.3 Å². The molecule has 0 bridgehead atoms. The minimum atomic E-state index is -0.436. The predicted molar refractivity (Wildman–Crippen MR) is 78.3 cm³/mol. The molecule has 1 aliphatic carbocycles. The molecule has 2 aliphatic rings. The first-order valence-corrected chi connectivity index (χ1v) is 7.76. The Hall–Kier alpha value is -0.570. The molecule has 19 heavy (non-hydrogen) atoms. The molecule has 0 aromatic heterocycles. The van der Waals surface area contributed by atoms with E-state index in [1.807, 2.05) is 24.3 Å². The third-order valence-electron chi connectivity index (χ3n) is 4.78. The molecule has 1 saturated carbocycles. The lowest BCUT2D eigenvalue weighted by Gasteiger charge is -2.19. The molecule has 2 fully saturated rings. The largest absolute Gasteiger partial charge is 0.388 e. The fraction of sp³-hybridized carbons (Fsp3) is 0.625. The summed E-state index contributed by atoms with van der Waals surface area (Å²) in [5, 5.41) is 10.9. The molecular weight excluding hydrogens is 258 g/mol. The van der Waals surface area contributed by atoms with Crippen LogP contribution in [0.1, 0.15) is 37.4 Å². The monoisotopic (exact) mass is 279 g/mol. The van der Waals surface area contributed by atoms with Crippen LogP contribution in [0.4, 0.5) is 0 Å². The maximum atomic E-state index is 10.3. The van der Waals surface area contributed by atoms with E-state index in [1.54, 1.807) is 0 Å². The van der Waals surface area contributed by atoms with E-state index in [-0.39, 0.29) is 0 Å². The summed E-state index contributed by atoms with van der Waals surface area (Å²) in [7, 11) is 0. The summed E-state index contributed by atoms with van der Waals surface area (Å²) in [5.74, 6) is 1.86. The zero-order valence-corrected chi connectivity index (χ0v) is 12.0. The normalized spacial score (nSPS) is 28.5. The van der Waals surface area contributed by atoms with Crippen LogP contribution in [-0.2, 0) is 0 Å². The highest BCUT2D eigenvalue weighted by atomic mass is 35.5. The van der Waals surface area contributed by atoms with Crippen molar-refractivity contribution in [3.8, 4) is 0 Å². The fourth-order valence-corrected chi connectivity index (χ4v) is 3.98. The lowest BCUT2D eigenvalue weighted by atomic mass is 10.0. The number of rotatable bonds is 4. The van der Waals surface area contributed by atoms with E-state index >= 15 is 0 Å². The highest BCUT2D eigenvalue weighted by Gasteiger charge is 2.35. The van der Waals surface area contributed by atoms with Crippen molar-refractivity contribution in [3.63, 3.8) is 0 Å². The van der Waals surface area contributed by atoms with Gasteiger partial charge in [-0.15, -0.1) is 0 Å². The van der Waals surface area contributed by atoms with Crippen molar-refractivity contribution in [1.82, 2.24) is 4.90 Å². The Labute approximate surface area is 120 Å². The van der Waals surface area contributed by atoms with Gasteiger partial charge in [0.1, 0.15) is 0 Å². The topological polar surface area (TPSA) is 23.5 Å². The highest BCUT2D eigenvalue weighted by molar-refractivity contribution is 6.31. The van der Waals surface area contributed by atoms with Crippen molar-refractivity contribution < 1.29 is 5.11 Å². The summed E-state index contributed by atoms with van der Waals surface area (Å²) in [6, 6.07) is 7.61. The second-order valence-corrected chi connectivity index (χ2v) is 6.44. The molecule has 1 heterocycles. The highest BCUT2D eigenvalue weighted by Crippen LogP contribution is 2.38. The van der Waals surface area contributed by atoms with Gasteiger partial charge in [-0.05, 0) is 42.7 Å². The van der Waals surface area contributed by atoms with Gasteiger partial charge in [-0.2, -0.15) is 0 Å². The predicted octanol–water partition coefficient (Wildman–Crippen LogP) is 3.50. The standard InChI is InChI=1S/C16H22ClNO/c17-15-7-2-1-6-14(15)16(19)8-9-18-10-12-4-3-5-13(12)11-18/h1-2,6-7,12-13,16,19H,3-5,8-11H2. The molecule has 3 unspecified atom stereocenters. The van der Waals surface area contributed by atoms with E-state index in [1.165, 1.54) is 32.4 Å². The SMILES string of the molecule is OC(CCN1CC2CCCC2C1)c1ccccc1Cl. The molecule has 1 N–H and O–H groups in total. The number of hydrogen-bond donors (Lipinski definition) is 1. The molecule has 3 rings (SSSR count). The Kier molecular flexibility index (Phi) is 4.11. The summed E-state index contributed by atoms with van der Waals surface area (Å²) < 4.78 is 0. The third-order valence-corrected chi connectivity index (χ3v) is 5.13. The van der Waals surface area contributed by atoms with Gasteiger partial charge in [-0.1, -0.05) is 36.2 Å². The van der Waals surface area contributed by atoms with E-state index < -0.39 is 6.10 Å². The molecule has 104 valence electrons. The lowest BCUT2D eigenvalue weighted by molar-refractivity contribution is 0.146. The number of fused-ring (bicyclic) bond motifs is 1. The number of benzene rings is 1. The smallest absolute Gasteiger partial charge is 0.0816 e. The van der Waals surface area contributed by atoms with E-state index in [4.69, 9.17) is 11.6 Å². The fourth-order valence-electron chi connectivity index (χ4n) is 3.72. The van der Waals surface area contributed by atoms with Crippen LogP contribution in [0.5, 0.6) is 0 Å². The molecule has 3 heteroatoms. The van der Waals surface area contributed by atoms with E-state index in [9.17, 15) is 5.11 Å². The number of likely N-dealkylation sites (tertiary alicyclic amines) is 1. The zero-order chi connectivity index (χ0) is 13.2. The molecule has 1 aromatic rings. The summed E-state index contributed by atoms with van der Waals surface area (Å²) in [5.41, 5.74) is 0.864. The van der Waals surface area contributed by atoms with Crippen LogP contribution in [-0.4, -0.2) is 29.6 Å². The van der Waals surface area contributed by atoms with Crippen molar-refractivity contribution >= 4 is 11.6 Å². The Morgan fingerprint density at radius 2 is 1.89 bits per heavy atom. The lowest BCUT2D eigenvalue weighted by Crippen LogP contribution is -2.24. The van der Waals surface area contributed by atoms with Crippen LogP contribution in [0.25, 0.3) is 0 Å². The first-order chi connectivity index (χ1) is 9.24. The van der Waals surface area contributed by atoms with Gasteiger partial charge in [0.25, 0.3) is 0 Å². The maximum absolute atomic E-state index is 10.3. The molecular formula is C16H22ClNO. The Morgan fingerprint density at radius 1 is 1.21 bits per heavy atom. The molecule has 2 nitrogen and oxygen atoms in total. The second-order valence-electron chi connectivity index (χ2n) is 6.04. The Bertz CT molecular complexity index is 425. The summed E-state index contributed by atoms with van der Waals surface area (Å²) in [4.78, 5) is 2.52. The molecule has 1 aliphatic heterocycles. The summed E-state index contributed by atoms with van der Waals surface area (Å²) >= 11 is 6.12. The molecule has 3 atom stereocenters. The Balaban J connectivity index is 1.51. The van der Waals surface area contributed by atoms with E-state index in [2.05, 4.69) is 4.90 Å². The molecule has 1 aromatic carbocycles. The Morgan fingerprint density at radius 3 is 2.58 bits per heavy atom. The van der Waals surface area contributed by atoms with Gasteiger partial charge in [-0.25, -0.2) is 0 Å². The molecule has 0 spiro atoms. The zero-order valence-electron chi connectivity index (χ0n) is 11.3. The average molecular weight is 280 g/mol. The van der Waals surface area contributed by atoms with Gasteiger partial charge >= 0.3 is 0 Å². The number of aliphatic hydroxyl groups excluding tert-OH is 1. The second kappa shape index (κ2) is 5.82. The van der Waals surface area contributed by atoms with Crippen molar-refractivity contribution in [1.29, 1.82) is 0 Å². The van der Waals surface area contributed by atoms with Crippen molar-refractivity contribution in [2.45, 2.75) is 31.8 Å². The van der Waals surface area contributed by atoms with Crippen molar-refractivity contribution in [2.24, 2.45) is 11.8 Å². The van der Waals surface area contributed by atoms with Gasteiger partial charge in [0.2, 0.25) is 0 Å². The van der Waals surface area contributed by atoms with Crippen molar-refractivity contribution in [3.05, 3.63) is 34.9 Å². The van der Waals surface area contributed by atoms with Gasteiger partial charge in [-0.3, -0.25) is 0 Å². The van der Waals surface area contributed by atoms with Crippen molar-refractivity contribution in [2.75, 3.05) is 19.6 Å². The number of halogens is 1. The van der Waals surface area contributed by atoms with Crippen LogP contribution >= 0.6 is 11.6 Å². The molecule has 0 radical (unpaired) electrons. The summed E-state index contributed by atoms with van der Waals surface area (Å²) in [6.45, 7) is 3.46. The van der Waals surface area contributed by atoms with Gasteiger partial charge < -0.3 is 10.0 Å². The minimum Gasteiger partial charge on any atom is -0.388 e. The molecule has 1 saturated heterocycles. The first-order valence-electron chi connectivity index (χ1n) is 7.39. The van der Waals surface area contributed by atoms with E-state index in [0.29, 0.717) is 5.02 Å². The number of aliphatic hydroxyl groups is 1. The van der Waals surface area contributed by atoms with Gasteiger partial charge in [0.15, 0.2) is 0 Å². The molecule has 0 amide bonds. The van der Waals surface area contributed by atoms with Crippen LogP contribution in [0, 0.1) is 11.8 Å². The van der Waals surface area contributed by atoms with Crippen LogP contribution in [0.2, 0.25) is 5.02 Å². The number of hydrogen-bond acceptors (Lipinski definition) is 2. The van der Waals surface area contributed by atoms with E-state index in [0.717, 1.165) is 30.4 Å². The van der Waals surface area contributed by atoms with Crippen LogP contribution in [0.3, 0.4) is 0 Å². The minimum absolute atomic E-state index is 0.436. The van der Waals surface area contributed by atoms with Crippen LogP contribution < -0.4 is 0 Å². The third kappa shape index (κ3) is 2.96. The van der Waals surface area contributed by atoms with Gasteiger partial charge in [0.05, 0.1) is 6.10 Å². The number of nitrogens with zero attached hydrogens (tertiary/aromatic N) is 1. The van der Waals surface area contributed by atoms with Gasteiger partial charge in [0, 0.05) is 24.7 Å². The first kappa shape index (κ1) is 13.4.